The maximum Gasteiger partial charge on any atom is 0.306 e. The average molecular weight is 969 g/mol. The zero-order valence-corrected chi connectivity index (χ0v) is 39.5. The molecular formula is C46H68O20Si. The highest BCUT2D eigenvalue weighted by atomic mass is 28.4. The summed E-state index contributed by atoms with van der Waals surface area (Å²) in [6, 6.07) is 19.2. The number of hydrogen-bond donors (Lipinski definition) is 8. The van der Waals surface area contributed by atoms with Gasteiger partial charge >= 0.3 is 11.9 Å². The van der Waals surface area contributed by atoms with Crippen LogP contribution in [0.3, 0.4) is 0 Å². The second kappa shape index (κ2) is 25.0. The predicted octanol–water partition coefficient (Wildman–Crippen LogP) is -1.31. The highest BCUT2D eigenvalue weighted by Gasteiger charge is 2.58. The Balaban J connectivity index is 1.65. The number of carbonyl (C=O) groups excluding carboxylic acids is 3. The summed E-state index contributed by atoms with van der Waals surface area (Å²) in [7, 11) is -2.12. The molecular weight excluding hydrogens is 901 g/mol. The lowest BCUT2D eigenvalue weighted by Crippen LogP contribution is -2.70. The molecule has 3 aliphatic rings. The van der Waals surface area contributed by atoms with Crippen LogP contribution in [0.15, 0.2) is 60.7 Å². The Morgan fingerprint density at radius 3 is 1.58 bits per heavy atom. The number of aliphatic hydroxyl groups is 8. The minimum Gasteiger partial charge on any atom is -0.469 e. The molecule has 3 fully saturated rings. The normalized spacial score (nSPS) is 32.6. The zero-order valence-electron chi connectivity index (χ0n) is 38.5. The van der Waals surface area contributed by atoms with Gasteiger partial charge in [0.1, 0.15) is 72.9 Å². The zero-order chi connectivity index (χ0) is 49.1. The highest BCUT2D eigenvalue weighted by molar-refractivity contribution is 6.99. The quantitative estimate of drug-likeness (QED) is 0.0386. The maximum atomic E-state index is 13.8. The smallest absolute Gasteiger partial charge is 0.306 e. The largest absolute Gasteiger partial charge is 0.469 e. The van der Waals surface area contributed by atoms with Crippen LogP contribution in [0.25, 0.3) is 0 Å². The number of rotatable bonds is 22. The second-order valence-electron chi connectivity index (χ2n) is 18.0. The van der Waals surface area contributed by atoms with E-state index in [1.54, 1.807) is 0 Å². The number of Topliss-reactive ketones (excluding diaryl/α,β-unsaturated/α-hetero) is 1. The summed E-state index contributed by atoms with van der Waals surface area (Å²) in [6.07, 6.45) is -25.2. The molecule has 20 nitrogen and oxygen atoms in total. The molecule has 0 saturated carbocycles. The van der Waals surface area contributed by atoms with Crippen LogP contribution in [0, 0.1) is 0 Å². The van der Waals surface area contributed by atoms with Gasteiger partial charge in [-0.25, -0.2) is 0 Å². The molecule has 0 bridgehead atoms. The molecule has 3 heterocycles. The fraction of sp³-hybridized carbons (Fsp3) is 0.674. The van der Waals surface area contributed by atoms with E-state index in [0.717, 1.165) is 10.4 Å². The molecule has 0 spiro atoms. The summed E-state index contributed by atoms with van der Waals surface area (Å²) in [5.74, 6) is -1.62. The molecule has 0 aromatic heterocycles. The summed E-state index contributed by atoms with van der Waals surface area (Å²) < 4.78 is 55.6. The van der Waals surface area contributed by atoms with E-state index in [2.05, 4.69) is 0 Å². The third-order valence-corrected chi connectivity index (χ3v) is 17.2. The van der Waals surface area contributed by atoms with Gasteiger partial charge in [-0.1, -0.05) is 87.9 Å². The number of ketones is 1. The Labute approximate surface area is 390 Å². The molecule has 0 radical (unpaired) electrons. The number of benzene rings is 2. The van der Waals surface area contributed by atoms with E-state index in [0.29, 0.717) is 19.3 Å². The first-order valence-corrected chi connectivity index (χ1v) is 24.5. The molecule has 0 amide bonds. The lowest BCUT2D eigenvalue weighted by molar-refractivity contribution is -0.392. The Morgan fingerprint density at radius 1 is 0.597 bits per heavy atom. The van der Waals surface area contributed by atoms with Crippen molar-refractivity contribution in [3.8, 4) is 0 Å². The summed E-state index contributed by atoms with van der Waals surface area (Å²) in [5.41, 5.74) is 0. The third-order valence-electron chi connectivity index (χ3n) is 12.2. The molecule has 376 valence electrons. The summed E-state index contributed by atoms with van der Waals surface area (Å²) in [6.45, 7) is 5.38. The van der Waals surface area contributed by atoms with Gasteiger partial charge in [0.15, 0.2) is 25.0 Å². The van der Waals surface area contributed by atoms with Crippen LogP contribution in [0.1, 0.15) is 66.2 Å². The lowest BCUT2D eigenvalue weighted by Gasteiger charge is -2.50. The number of hydrogen-bond acceptors (Lipinski definition) is 20. The Hall–Kier alpha value is -3.33. The van der Waals surface area contributed by atoms with Crippen molar-refractivity contribution in [1.82, 2.24) is 0 Å². The Bertz CT molecular complexity index is 1790. The van der Waals surface area contributed by atoms with Gasteiger partial charge in [-0.15, -0.1) is 0 Å². The van der Waals surface area contributed by atoms with Gasteiger partial charge in [0.05, 0.1) is 33.4 Å². The molecule has 67 heavy (non-hydrogen) atoms. The fourth-order valence-electron chi connectivity index (χ4n) is 8.56. The average Bonchev–Trinajstić information content (AvgIpc) is 3.31. The number of esters is 2. The number of ether oxygens (including phenoxy) is 8. The number of aliphatic hydroxyl groups excluding tert-OH is 8. The van der Waals surface area contributed by atoms with Crippen LogP contribution in [0.2, 0.25) is 5.04 Å². The van der Waals surface area contributed by atoms with Crippen molar-refractivity contribution in [3.63, 3.8) is 0 Å². The summed E-state index contributed by atoms with van der Waals surface area (Å²) >= 11 is 0. The molecule has 3 aliphatic heterocycles. The van der Waals surface area contributed by atoms with E-state index < -0.39 is 137 Å². The van der Waals surface area contributed by atoms with E-state index in [9.17, 15) is 55.2 Å². The third kappa shape index (κ3) is 13.3. The van der Waals surface area contributed by atoms with Gasteiger partial charge in [0.25, 0.3) is 8.32 Å². The first-order chi connectivity index (χ1) is 31.9. The number of carbonyl (C=O) groups is 3. The van der Waals surface area contributed by atoms with Gasteiger partial charge in [-0.05, 0) is 35.2 Å². The Morgan fingerprint density at radius 2 is 1.10 bits per heavy atom. The number of unbranched alkanes of at least 4 members (excludes halogenated alkanes) is 2. The first kappa shape index (κ1) is 54.6. The topological polar surface area (TPSA) is 296 Å². The van der Waals surface area contributed by atoms with Crippen molar-refractivity contribution in [2.45, 2.75) is 163 Å². The van der Waals surface area contributed by atoms with Crippen molar-refractivity contribution in [2.75, 3.05) is 33.5 Å². The molecule has 8 N–H and O–H groups in total. The van der Waals surface area contributed by atoms with Crippen molar-refractivity contribution >= 4 is 36.4 Å². The number of methoxy groups -OCH3 is 1. The lowest BCUT2D eigenvalue weighted by atomic mass is 9.95. The molecule has 2 aromatic carbocycles. The predicted molar refractivity (Wildman–Crippen MR) is 236 cm³/mol. The minimum atomic E-state index is -3.40. The van der Waals surface area contributed by atoms with Crippen molar-refractivity contribution < 1.29 is 97.6 Å². The molecule has 21 heteroatoms. The summed E-state index contributed by atoms with van der Waals surface area (Å²) in [5, 5.41) is 86.8. The SMILES string of the molecule is COC(=O)CCCCCO[C@@H]1O[C@H](CO[Si](c2ccccc2)(c2ccccc2)C(C)(C)C)[C@H](OC(=O)CCC(C)=O)[C@H](O[C@H]2O[C@H](CO)[C@H](O)[C@H](O)[C@H]2O)[C@H]1O[C@@H]1O[C@@H](CO)[C@@H](O)[C@@H](O)[C@@H]1O. The van der Waals surface area contributed by atoms with E-state index in [4.69, 9.17) is 42.3 Å². The fourth-order valence-corrected chi connectivity index (χ4v) is 13.1. The van der Waals surface area contributed by atoms with Crippen LogP contribution >= 0.6 is 0 Å². The van der Waals surface area contributed by atoms with Crippen LogP contribution in [0.4, 0.5) is 0 Å². The molecule has 3 saturated heterocycles. The second-order valence-corrected chi connectivity index (χ2v) is 22.3. The van der Waals surface area contributed by atoms with Gasteiger partial charge in [-0.3, -0.25) is 9.59 Å². The molecule has 5 rings (SSSR count). The van der Waals surface area contributed by atoms with Crippen molar-refractivity contribution in [3.05, 3.63) is 60.7 Å². The van der Waals surface area contributed by atoms with Crippen LogP contribution in [-0.4, -0.2) is 193 Å². The van der Waals surface area contributed by atoms with E-state index in [1.807, 2.05) is 81.4 Å². The summed E-state index contributed by atoms with van der Waals surface area (Å²) in [4.78, 5) is 37.7. The Kier molecular flexibility index (Phi) is 20.4. The van der Waals surface area contributed by atoms with Crippen molar-refractivity contribution in [2.24, 2.45) is 0 Å². The van der Waals surface area contributed by atoms with Crippen LogP contribution < -0.4 is 10.4 Å². The van der Waals surface area contributed by atoms with Gasteiger partial charge < -0.3 is 88.0 Å². The van der Waals surface area contributed by atoms with E-state index >= 15 is 0 Å². The van der Waals surface area contributed by atoms with Crippen LogP contribution in [-0.2, 0) is 56.7 Å². The van der Waals surface area contributed by atoms with Crippen molar-refractivity contribution in [1.29, 1.82) is 0 Å². The minimum absolute atomic E-state index is 0.0570. The highest BCUT2D eigenvalue weighted by Crippen LogP contribution is 2.40. The first-order valence-electron chi connectivity index (χ1n) is 22.6. The monoisotopic (exact) mass is 968 g/mol. The van der Waals surface area contributed by atoms with E-state index in [-0.39, 0.29) is 31.8 Å². The van der Waals surface area contributed by atoms with Gasteiger partial charge in [0.2, 0.25) is 0 Å². The van der Waals surface area contributed by atoms with E-state index in [1.165, 1.54) is 14.0 Å². The molecule has 15 atom stereocenters. The molecule has 0 aliphatic carbocycles. The molecule has 0 unspecified atom stereocenters. The van der Waals surface area contributed by atoms with Gasteiger partial charge in [-0.2, -0.15) is 0 Å². The van der Waals surface area contributed by atoms with Gasteiger partial charge in [0, 0.05) is 19.4 Å². The molecule has 2 aromatic rings. The maximum absolute atomic E-state index is 13.8. The van der Waals surface area contributed by atoms with Crippen LogP contribution in [0.5, 0.6) is 0 Å². The standard InChI is InChI=1S/C46H68O20Si/c1-26(49)20-21-33(51)64-40-31(25-60-67(46(2,3)4,27-15-9-6-10-16-27)28-17-11-7-12-18-28)63-45(59-22-14-8-13-19-32(50)58-5)42(66-44-39(57)37(55)35(53)30(24-48)62-44)41(40)65-43-38(56)36(54)34(52)29(23-47)61-43/h6-7,9-12,15-18,29-31,34-45,47-48,52-57H,8,13-14,19-25H2,1-5H3/t29-,30+,31-,34+,35-,36+,37-,38-,39+,40+,41+,42-,43-,44+,45-/m1/s1.